The van der Waals surface area contributed by atoms with Gasteiger partial charge in [-0.1, -0.05) is 44.5 Å². The van der Waals surface area contributed by atoms with Crippen LogP contribution in [0.25, 0.3) is 0 Å². The van der Waals surface area contributed by atoms with Gasteiger partial charge in [-0.05, 0) is 35.3 Å². The van der Waals surface area contributed by atoms with Crippen LogP contribution in [0.1, 0.15) is 32.8 Å². The molecule has 0 heterocycles. The van der Waals surface area contributed by atoms with Gasteiger partial charge in [0.15, 0.2) is 0 Å². The van der Waals surface area contributed by atoms with Crippen LogP contribution in [0.2, 0.25) is 5.02 Å². The Bertz CT molecular complexity index is 359. The minimum atomic E-state index is -1.45. The van der Waals surface area contributed by atoms with Crippen molar-refractivity contribution < 1.29 is 10.0 Å². The van der Waals surface area contributed by atoms with E-state index in [2.05, 4.69) is 20.8 Å². The molecule has 0 atom stereocenters. The number of hydrogen-bond acceptors (Lipinski definition) is 2. The molecule has 1 rings (SSSR count). The third kappa shape index (κ3) is 3.82. The molecule has 2 N–H and O–H groups in total. The lowest BCUT2D eigenvalue weighted by atomic mass is 9.75. The molecule has 1 aromatic rings. The zero-order chi connectivity index (χ0) is 12.3. The fraction of sp³-hybridized carbons (Fsp3) is 0.500. The molecule has 0 fully saturated rings. The number of benzene rings is 1. The van der Waals surface area contributed by atoms with Gasteiger partial charge in [-0.15, -0.1) is 0 Å². The van der Waals surface area contributed by atoms with Crippen molar-refractivity contribution in [2.45, 2.75) is 33.6 Å². The lowest BCUT2D eigenvalue weighted by Gasteiger charge is -2.19. The molecule has 1 aromatic carbocycles. The molecule has 0 aliphatic rings. The molecular weight excluding hydrogens is 222 g/mol. The summed E-state index contributed by atoms with van der Waals surface area (Å²) in [6.07, 6.45) is 1.71. The van der Waals surface area contributed by atoms with Gasteiger partial charge in [0.2, 0.25) is 0 Å². The molecule has 0 saturated heterocycles. The summed E-state index contributed by atoms with van der Waals surface area (Å²) in [5.41, 5.74) is 1.56. The lowest BCUT2D eigenvalue weighted by molar-refractivity contribution is 0.377. The second kappa shape index (κ2) is 5.22. The van der Waals surface area contributed by atoms with Crippen LogP contribution in [0.4, 0.5) is 0 Å². The molecule has 0 radical (unpaired) electrons. The van der Waals surface area contributed by atoms with Crippen LogP contribution in [0.3, 0.4) is 0 Å². The van der Waals surface area contributed by atoms with Gasteiger partial charge in [0.05, 0.1) is 0 Å². The van der Waals surface area contributed by atoms with E-state index in [4.69, 9.17) is 11.6 Å². The maximum absolute atomic E-state index is 9.26. The van der Waals surface area contributed by atoms with Crippen LogP contribution in [0.15, 0.2) is 18.2 Å². The van der Waals surface area contributed by atoms with Crippen molar-refractivity contribution in [1.82, 2.24) is 0 Å². The smallest absolute Gasteiger partial charge is 0.423 e. The van der Waals surface area contributed by atoms with Crippen molar-refractivity contribution in [1.29, 1.82) is 0 Å². The van der Waals surface area contributed by atoms with E-state index in [1.807, 2.05) is 0 Å². The van der Waals surface area contributed by atoms with E-state index in [0.29, 0.717) is 10.5 Å². The Hall–Kier alpha value is -0.505. The van der Waals surface area contributed by atoms with Crippen LogP contribution in [-0.4, -0.2) is 17.2 Å². The highest BCUT2D eigenvalue weighted by Gasteiger charge is 2.19. The van der Waals surface area contributed by atoms with E-state index >= 15 is 0 Å². The van der Waals surface area contributed by atoms with Gasteiger partial charge in [0.1, 0.15) is 0 Å². The minimum Gasteiger partial charge on any atom is -0.423 e. The highest BCUT2D eigenvalue weighted by atomic mass is 35.5. The van der Waals surface area contributed by atoms with Crippen molar-refractivity contribution in [3.8, 4) is 0 Å². The number of rotatable bonds is 3. The summed E-state index contributed by atoms with van der Waals surface area (Å²) in [6.45, 7) is 6.46. The Kier molecular flexibility index (Phi) is 4.42. The van der Waals surface area contributed by atoms with Crippen LogP contribution in [0.5, 0.6) is 0 Å². The van der Waals surface area contributed by atoms with E-state index in [1.54, 1.807) is 18.2 Å². The highest BCUT2D eigenvalue weighted by Crippen LogP contribution is 2.24. The monoisotopic (exact) mass is 240 g/mol. The minimum absolute atomic E-state index is 0.205. The van der Waals surface area contributed by atoms with E-state index < -0.39 is 7.12 Å². The van der Waals surface area contributed by atoms with Crippen LogP contribution in [-0.2, 0) is 6.42 Å². The Morgan fingerprint density at radius 2 is 1.88 bits per heavy atom. The van der Waals surface area contributed by atoms with E-state index in [-0.39, 0.29) is 5.41 Å². The summed E-state index contributed by atoms with van der Waals surface area (Å²) in [5, 5.41) is 19.1. The van der Waals surface area contributed by atoms with E-state index in [1.165, 1.54) is 0 Å². The van der Waals surface area contributed by atoms with Crippen molar-refractivity contribution in [2.75, 3.05) is 0 Å². The summed E-state index contributed by atoms with van der Waals surface area (Å²) >= 11 is 6.08. The molecule has 0 aliphatic carbocycles. The third-order valence-corrected chi connectivity index (χ3v) is 2.91. The molecule has 16 heavy (non-hydrogen) atoms. The predicted molar refractivity (Wildman–Crippen MR) is 69.1 cm³/mol. The average molecular weight is 241 g/mol. The van der Waals surface area contributed by atoms with Crippen LogP contribution < -0.4 is 5.46 Å². The van der Waals surface area contributed by atoms with Crippen molar-refractivity contribution in [3.63, 3.8) is 0 Å². The number of halogens is 1. The molecule has 0 saturated carbocycles. The molecule has 0 bridgehead atoms. The Morgan fingerprint density at radius 3 is 2.38 bits per heavy atom. The largest absolute Gasteiger partial charge is 0.488 e. The third-order valence-electron chi connectivity index (χ3n) is 2.56. The highest BCUT2D eigenvalue weighted by molar-refractivity contribution is 6.59. The molecule has 0 unspecified atom stereocenters. The van der Waals surface area contributed by atoms with Gasteiger partial charge in [-0.25, -0.2) is 0 Å². The van der Waals surface area contributed by atoms with Crippen LogP contribution >= 0.6 is 11.6 Å². The lowest BCUT2D eigenvalue weighted by Crippen LogP contribution is -2.33. The summed E-state index contributed by atoms with van der Waals surface area (Å²) < 4.78 is 0. The van der Waals surface area contributed by atoms with E-state index in [9.17, 15) is 10.0 Å². The van der Waals surface area contributed by atoms with Crippen LogP contribution in [0, 0.1) is 5.41 Å². The molecule has 2 nitrogen and oxygen atoms in total. The molecule has 4 heteroatoms. The first-order valence-electron chi connectivity index (χ1n) is 5.45. The maximum atomic E-state index is 9.26. The topological polar surface area (TPSA) is 40.5 Å². The quantitative estimate of drug-likeness (QED) is 0.794. The normalized spacial score (nSPS) is 11.6. The fourth-order valence-corrected chi connectivity index (χ4v) is 1.86. The predicted octanol–water partition coefficient (Wildman–Crippen LogP) is 2.00. The molecule has 88 valence electrons. The summed E-state index contributed by atoms with van der Waals surface area (Å²) in [5.74, 6) is 0. The van der Waals surface area contributed by atoms with Gasteiger partial charge < -0.3 is 10.0 Å². The van der Waals surface area contributed by atoms with Crippen molar-refractivity contribution in [3.05, 3.63) is 28.8 Å². The Labute approximate surface area is 102 Å². The molecule has 0 spiro atoms. The number of hydrogen-bond donors (Lipinski definition) is 2. The zero-order valence-corrected chi connectivity index (χ0v) is 10.8. The standard InChI is InChI=1S/C12H18BClO2/c1-12(2,3)8-7-9-10(13(15)16)5-4-6-11(9)14/h4-6,15-16H,7-8H2,1-3H3. The molecule has 0 amide bonds. The summed E-state index contributed by atoms with van der Waals surface area (Å²) in [7, 11) is -1.45. The SMILES string of the molecule is CC(C)(C)CCc1c(Cl)cccc1B(O)O. The first-order chi connectivity index (χ1) is 7.31. The zero-order valence-electron chi connectivity index (χ0n) is 10.00. The van der Waals surface area contributed by atoms with Crippen molar-refractivity contribution >= 4 is 24.2 Å². The molecular formula is C12H18BClO2. The Balaban J connectivity index is 2.93. The first kappa shape index (κ1) is 13.6. The maximum Gasteiger partial charge on any atom is 0.488 e. The van der Waals surface area contributed by atoms with Gasteiger partial charge in [0, 0.05) is 5.02 Å². The molecule has 0 aliphatic heterocycles. The summed E-state index contributed by atoms with van der Waals surface area (Å²) in [6, 6.07) is 5.22. The van der Waals surface area contributed by atoms with Gasteiger partial charge in [-0.3, -0.25) is 0 Å². The summed E-state index contributed by atoms with van der Waals surface area (Å²) in [4.78, 5) is 0. The van der Waals surface area contributed by atoms with Crippen molar-refractivity contribution in [2.24, 2.45) is 5.41 Å². The fourth-order valence-electron chi connectivity index (χ4n) is 1.58. The Morgan fingerprint density at radius 1 is 1.25 bits per heavy atom. The van der Waals surface area contributed by atoms with E-state index in [0.717, 1.165) is 18.4 Å². The van der Waals surface area contributed by atoms with Gasteiger partial charge in [0.25, 0.3) is 0 Å². The van der Waals surface area contributed by atoms with Gasteiger partial charge >= 0.3 is 7.12 Å². The van der Waals surface area contributed by atoms with Gasteiger partial charge in [-0.2, -0.15) is 0 Å². The first-order valence-corrected chi connectivity index (χ1v) is 5.82. The second-order valence-corrected chi connectivity index (χ2v) is 5.65. The average Bonchev–Trinajstić information content (AvgIpc) is 2.13. The molecule has 0 aromatic heterocycles. The second-order valence-electron chi connectivity index (χ2n) is 5.24.